The van der Waals surface area contributed by atoms with Gasteiger partial charge in [0.1, 0.15) is 6.10 Å². The topological polar surface area (TPSA) is 25.2 Å². The lowest BCUT2D eigenvalue weighted by molar-refractivity contribution is 0.221. The molecule has 0 aliphatic heterocycles. The molecule has 2 aromatic carbocycles. The van der Waals surface area contributed by atoms with Gasteiger partial charge in [-0.15, -0.1) is 0 Å². The Kier molecular flexibility index (Phi) is 3.17. The van der Waals surface area contributed by atoms with E-state index in [4.69, 9.17) is 0 Å². The first-order chi connectivity index (χ1) is 9.16. The van der Waals surface area contributed by atoms with Crippen LogP contribution in [0.2, 0.25) is 0 Å². The Labute approximate surface area is 120 Å². The normalized spacial score (nSPS) is 12.8. The number of aromatic nitrogens is 1. The second-order valence-corrected chi connectivity index (χ2v) is 5.58. The lowest BCUT2D eigenvalue weighted by Gasteiger charge is -2.10. The molecule has 1 aromatic heterocycles. The van der Waals surface area contributed by atoms with Gasteiger partial charge in [0.25, 0.3) is 0 Å². The van der Waals surface area contributed by atoms with Crippen LogP contribution in [0.3, 0.4) is 0 Å². The number of rotatable bonds is 2. The van der Waals surface area contributed by atoms with Crippen molar-refractivity contribution in [3.63, 3.8) is 0 Å². The number of hydrogen-bond donors (Lipinski definition) is 1. The number of aryl methyl sites for hydroxylation is 1. The molecule has 2 nitrogen and oxygen atoms in total. The summed E-state index contributed by atoms with van der Waals surface area (Å²) in [5.41, 5.74) is 2.98. The van der Waals surface area contributed by atoms with Crippen LogP contribution in [-0.4, -0.2) is 9.67 Å². The van der Waals surface area contributed by atoms with Crippen molar-refractivity contribution in [3.8, 4) is 0 Å². The van der Waals surface area contributed by atoms with E-state index in [-0.39, 0.29) is 0 Å². The third-order valence-corrected chi connectivity index (χ3v) is 3.94. The summed E-state index contributed by atoms with van der Waals surface area (Å²) in [6, 6.07) is 15.9. The third-order valence-electron chi connectivity index (χ3n) is 3.41. The zero-order chi connectivity index (χ0) is 13.4. The summed E-state index contributed by atoms with van der Waals surface area (Å²) < 4.78 is 3.06. The molecule has 96 valence electrons. The van der Waals surface area contributed by atoms with Gasteiger partial charge in [-0.3, -0.25) is 0 Å². The Morgan fingerprint density at radius 2 is 1.74 bits per heavy atom. The van der Waals surface area contributed by atoms with Crippen molar-refractivity contribution < 1.29 is 5.11 Å². The molecule has 3 heteroatoms. The van der Waals surface area contributed by atoms with Crippen LogP contribution < -0.4 is 0 Å². The van der Waals surface area contributed by atoms with Gasteiger partial charge >= 0.3 is 0 Å². The SMILES string of the molecule is Cn1cc(C(O)c2ccc(Br)cc2)c2ccccc21. The van der Waals surface area contributed by atoms with Crippen molar-refractivity contribution in [1.82, 2.24) is 4.57 Å². The van der Waals surface area contributed by atoms with Crippen molar-refractivity contribution in [2.45, 2.75) is 6.10 Å². The summed E-state index contributed by atoms with van der Waals surface area (Å²) >= 11 is 3.41. The fraction of sp³-hybridized carbons (Fsp3) is 0.125. The first-order valence-electron chi connectivity index (χ1n) is 6.14. The monoisotopic (exact) mass is 315 g/mol. The summed E-state index contributed by atoms with van der Waals surface area (Å²) in [6.45, 7) is 0. The van der Waals surface area contributed by atoms with Crippen LogP contribution in [0.25, 0.3) is 10.9 Å². The zero-order valence-corrected chi connectivity index (χ0v) is 12.1. The Bertz CT molecular complexity index is 715. The highest BCUT2D eigenvalue weighted by molar-refractivity contribution is 9.10. The molecule has 3 rings (SSSR count). The molecule has 0 aliphatic carbocycles. The molecular formula is C16H14BrNO. The molecule has 0 saturated carbocycles. The minimum Gasteiger partial charge on any atom is -0.384 e. The highest BCUT2D eigenvalue weighted by Gasteiger charge is 2.16. The molecule has 0 aliphatic rings. The van der Waals surface area contributed by atoms with E-state index in [0.717, 1.165) is 26.5 Å². The first-order valence-corrected chi connectivity index (χ1v) is 6.93. The van der Waals surface area contributed by atoms with Crippen LogP contribution in [-0.2, 0) is 7.05 Å². The van der Waals surface area contributed by atoms with Crippen LogP contribution in [0, 0.1) is 0 Å². The molecule has 1 heterocycles. The Morgan fingerprint density at radius 1 is 1.05 bits per heavy atom. The maximum Gasteiger partial charge on any atom is 0.106 e. The quantitative estimate of drug-likeness (QED) is 0.759. The molecule has 0 radical (unpaired) electrons. The molecule has 3 aromatic rings. The molecule has 0 amide bonds. The predicted molar refractivity (Wildman–Crippen MR) is 81.1 cm³/mol. The van der Waals surface area contributed by atoms with E-state index in [9.17, 15) is 5.11 Å². The van der Waals surface area contributed by atoms with Gasteiger partial charge < -0.3 is 9.67 Å². The molecule has 1 unspecified atom stereocenters. The van der Waals surface area contributed by atoms with Crippen molar-refractivity contribution in [3.05, 3.63) is 70.3 Å². The number of aliphatic hydroxyl groups is 1. The van der Waals surface area contributed by atoms with Gasteiger partial charge in [-0.25, -0.2) is 0 Å². The summed E-state index contributed by atoms with van der Waals surface area (Å²) in [4.78, 5) is 0. The molecule has 0 saturated heterocycles. The van der Waals surface area contributed by atoms with Crippen molar-refractivity contribution >= 4 is 26.8 Å². The van der Waals surface area contributed by atoms with Gasteiger partial charge in [0.15, 0.2) is 0 Å². The smallest absolute Gasteiger partial charge is 0.106 e. The Morgan fingerprint density at radius 3 is 2.47 bits per heavy atom. The van der Waals surface area contributed by atoms with E-state index >= 15 is 0 Å². The highest BCUT2D eigenvalue weighted by Crippen LogP contribution is 2.30. The fourth-order valence-electron chi connectivity index (χ4n) is 2.42. The van der Waals surface area contributed by atoms with E-state index in [1.165, 1.54) is 0 Å². The average Bonchev–Trinajstić information content (AvgIpc) is 2.77. The Balaban J connectivity index is 2.11. The standard InChI is InChI=1S/C16H14BrNO/c1-18-10-14(13-4-2-3-5-15(13)18)16(19)11-6-8-12(17)9-7-11/h2-10,16,19H,1H3. The van der Waals surface area contributed by atoms with Gasteiger partial charge in [0.2, 0.25) is 0 Å². The number of halogens is 1. The second-order valence-electron chi connectivity index (χ2n) is 4.67. The summed E-state index contributed by atoms with van der Waals surface area (Å²) in [7, 11) is 2.00. The molecule has 1 N–H and O–H groups in total. The minimum atomic E-state index is -0.598. The number of benzene rings is 2. The lowest BCUT2D eigenvalue weighted by atomic mass is 10.0. The molecule has 0 bridgehead atoms. The summed E-state index contributed by atoms with van der Waals surface area (Å²) in [6.07, 6.45) is 1.40. The van der Waals surface area contributed by atoms with E-state index in [0.29, 0.717) is 0 Å². The van der Waals surface area contributed by atoms with Gasteiger partial charge in [0, 0.05) is 34.2 Å². The molecule has 19 heavy (non-hydrogen) atoms. The maximum absolute atomic E-state index is 10.6. The molecular weight excluding hydrogens is 302 g/mol. The van der Waals surface area contributed by atoms with Gasteiger partial charge in [-0.1, -0.05) is 46.3 Å². The van der Waals surface area contributed by atoms with Crippen molar-refractivity contribution in [2.24, 2.45) is 7.05 Å². The van der Waals surface area contributed by atoms with Gasteiger partial charge in [0.05, 0.1) is 0 Å². The highest BCUT2D eigenvalue weighted by atomic mass is 79.9. The van der Waals surface area contributed by atoms with E-state index < -0.39 is 6.10 Å². The second kappa shape index (κ2) is 4.83. The number of aliphatic hydroxyl groups excluding tert-OH is 1. The zero-order valence-electron chi connectivity index (χ0n) is 10.5. The number of hydrogen-bond acceptors (Lipinski definition) is 1. The largest absolute Gasteiger partial charge is 0.384 e. The van der Waals surface area contributed by atoms with Crippen LogP contribution in [0.1, 0.15) is 17.2 Å². The number of para-hydroxylation sites is 1. The van der Waals surface area contributed by atoms with E-state index in [2.05, 4.69) is 22.0 Å². The van der Waals surface area contributed by atoms with Gasteiger partial charge in [-0.05, 0) is 23.8 Å². The van der Waals surface area contributed by atoms with Crippen LogP contribution in [0.15, 0.2) is 59.2 Å². The van der Waals surface area contributed by atoms with Crippen LogP contribution >= 0.6 is 15.9 Å². The van der Waals surface area contributed by atoms with Crippen LogP contribution in [0.4, 0.5) is 0 Å². The first kappa shape index (κ1) is 12.5. The van der Waals surface area contributed by atoms with E-state index in [1.54, 1.807) is 0 Å². The predicted octanol–water partition coefficient (Wildman–Crippen LogP) is 4.02. The summed E-state index contributed by atoms with van der Waals surface area (Å²) in [5.74, 6) is 0. The van der Waals surface area contributed by atoms with Gasteiger partial charge in [-0.2, -0.15) is 0 Å². The number of nitrogens with zero attached hydrogens (tertiary/aromatic N) is 1. The van der Waals surface area contributed by atoms with Crippen LogP contribution in [0.5, 0.6) is 0 Å². The molecule has 1 atom stereocenters. The maximum atomic E-state index is 10.6. The number of fused-ring (bicyclic) bond motifs is 1. The van der Waals surface area contributed by atoms with Crippen molar-refractivity contribution in [2.75, 3.05) is 0 Å². The fourth-order valence-corrected chi connectivity index (χ4v) is 2.68. The lowest BCUT2D eigenvalue weighted by Crippen LogP contribution is -1.98. The minimum absolute atomic E-state index is 0.598. The third kappa shape index (κ3) is 2.20. The molecule has 0 fully saturated rings. The van der Waals surface area contributed by atoms with Crippen molar-refractivity contribution in [1.29, 1.82) is 0 Å². The average molecular weight is 316 g/mol. The Hall–Kier alpha value is -1.58. The van der Waals surface area contributed by atoms with E-state index in [1.807, 2.05) is 60.3 Å². The molecule has 0 spiro atoms. The summed E-state index contributed by atoms with van der Waals surface area (Å²) in [5, 5.41) is 11.7.